The second kappa shape index (κ2) is 6.66. The molecule has 5 heteroatoms. The van der Waals surface area contributed by atoms with Crippen LogP contribution in [0.2, 0.25) is 0 Å². The van der Waals surface area contributed by atoms with Crippen molar-refractivity contribution in [3.63, 3.8) is 0 Å². The summed E-state index contributed by atoms with van der Waals surface area (Å²) in [6.07, 6.45) is 9.08. The molecule has 156 valence electrons. The lowest BCUT2D eigenvalue weighted by atomic mass is 9.47. The van der Waals surface area contributed by atoms with E-state index < -0.39 is 5.60 Å². The number of aliphatic hydroxyl groups is 1. The SMILES string of the molecule is CC(=O)O[C@H]1CC[C@@]2(C)C(=CC[C@@H]3[C@@H]2CC[C@@]2(C)[C@H]3C[C@@H](Br)[C@]2(O)C(C)=O)C1. The van der Waals surface area contributed by atoms with Gasteiger partial charge < -0.3 is 9.84 Å². The fourth-order valence-corrected chi connectivity index (χ4v) is 8.81. The van der Waals surface area contributed by atoms with Crippen molar-refractivity contribution in [1.82, 2.24) is 0 Å². The van der Waals surface area contributed by atoms with E-state index in [0.29, 0.717) is 17.8 Å². The van der Waals surface area contributed by atoms with Crippen molar-refractivity contribution in [3.8, 4) is 0 Å². The van der Waals surface area contributed by atoms with Crippen LogP contribution in [-0.4, -0.2) is 33.4 Å². The second-order valence-corrected chi connectivity index (χ2v) is 11.3. The molecule has 4 rings (SSSR count). The van der Waals surface area contributed by atoms with E-state index in [1.165, 1.54) is 12.5 Å². The highest BCUT2D eigenvalue weighted by Crippen LogP contribution is 2.68. The number of halogens is 1. The number of fused-ring (bicyclic) bond motifs is 5. The lowest BCUT2D eigenvalue weighted by Crippen LogP contribution is -2.58. The summed E-state index contributed by atoms with van der Waals surface area (Å²) in [5.74, 6) is 1.15. The zero-order valence-electron chi connectivity index (χ0n) is 17.5. The molecule has 0 amide bonds. The highest BCUT2D eigenvalue weighted by atomic mass is 79.9. The number of ketones is 1. The minimum absolute atomic E-state index is 0.0171. The molecule has 1 N–H and O–H groups in total. The molecule has 0 aromatic rings. The first-order valence-electron chi connectivity index (χ1n) is 10.8. The molecule has 28 heavy (non-hydrogen) atoms. The van der Waals surface area contributed by atoms with E-state index in [9.17, 15) is 14.7 Å². The Bertz CT molecular complexity index is 732. The normalized spacial score (nSPS) is 50.1. The largest absolute Gasteiger partial charge is 0.462 e. The van der Waals surface area contributed by atoms with Gasteiger partial charge in [-0.25, -0.2) is 0 Å². The average molecular weight is 453 g/mol. The summed E-state index contributed by atoms with van der Waals surface area (Å²) in [7, 11) is 0. The molecule has 4 aliphatic rings. The lowest BCUT2D eigenvalue weighted by molar-refractivity contribution is -0.159. The van der Waals surface area contributed by atoms with Gasteiger partial charge in [-0.2, -0.15) is 0 Å². The van der Waals surface area contributed by atoms with E-state index in [4.69, 9.17) is 4.74 Å². The third-order valence-corrected chi connectivity index (χ3v) is 10.1. The van der Waals surface area contributed by atoms with Crippen LogP contribution in [-0.2, 0) is 14.3 Å². The van der Waals surface area contributed by atoms with Crippen molar-refractivity contribution in [1.29, 1.82) is 0 Å². The molecule has 0 heterocycles. The maximum absolute atomic E-state index is 12.5. The number of carbonyl (C=O) groups is 2. The zero-order valence-corrected chi connectivity index (χ0v) is 19.0. The van der Waals surface area contributed by atoms with E-state index in [1.807, 2.05) is 0 Å². The molecule has 0 unspecified atom stereocenters. The fraction of sp³-hybridized carbons (Fsp3) is 0.826. The fourth-order valence-electron chi connectivity index (χ4n) is 7.56. The Morgan fingerprint density at radius 1 is 1.18 bits per heavy atom. The molecule has 0 radical (unpaired) electrons. The maximum Gasteiger partial charge on any atom is 0.302 e. The number of hydrogen-bond acceptors (Lipinski definition) is 4. The molecule has 0 aromatic carbocycles. The number of carbonyl (C=O) groups excluding carboxylic acids is 2. The molecular weight excluding hydrogens is 420 g/mol. The zero-order chi connectivity index (χ0) is 20.5. The second-order valence-electron chi connectivity index (χ2n) is 10.2. The van der Waals surface area contributed by atoms with Crippen LogP contribution in [0.5, 0.6) is 0 Å². The Morgan fingerprint density at radius 2 is 1.89 bits per heavy atom. The van der Waals surface area contributed by atoms with Crippen LogP contribution in [0, 0.1) is 28.6 Å². The van der Waals surface area contributed by atoms with Gasteiger partial charge in [-0.1, -0.05) is 41.4 Å². The molecule has 0 spiro atoms. The van der Waals surface area contributed by atoms with Gasteiger partial charge in [0, 0.05) is 18.8 Å². The number of Topliss-reactive ketones (excluding diaryl/α,β-unsaturated/α-hetero) is 1. The van der Waals surface area contributed by atoms with Gasteiger partial charge in [-0.3, -0.25) is 9.59 Å². The average Bonchev–Trinajstić information content (AvgIpc) is 2.83. The van der Waals surface area contributed by atoms with E-state index in [1.54, 1.807) is 6.92 Å². The number of hydrogen-bond donors (Lipinski definition) is 1. The Morgan fingerprint density at radius 3 is 2.54 bits per heavy atom. The summed E-state index contributed by atoms with van der Waals surface area (Å²) in [6, 6.07) is 0. The summed E-state index contributed by atoms with van der Waals surface area (Å²) in [6.45, 7) is 7.59. The molecule has 4 nitrogen and oxygen atoms in total. The van der Waals surface area contributed by atoms with Crippen molar-refractivity contribution < 1.29 is 19.4 Å². The van der Waals surface area contributed by atoms with Crippen molar-refractivity contribution in [2.45, 2.75) is 89.2 Å². The summed E-state index contributed by atoms with van der Waals surface area (Å²) in [4.78, 5) is 23.7. The van der Waals surface area contributed by atoms with Crippen LogP contribution >= 0.6 is 15.9 Å². The van der Waals surface area contributed by atoms with E-state index in [0.717, 1.165) is 44.9 Å². The van der Waals surface area contributed by atoms with Gasteiger partial charge in [0.05, 0.1) is 4.83 Å². The first kappa shape index (κ1) is 20.6. The van der Waals surface area contributed by atoms with Crippen LogP contribution < -0.4 is 0 Å². The topological polar surface area (TPSA) is 63.6 Å². The number of allylic oxidation sites excluding steroid dienone is 1. The van der Waals surface area contributed by atoms with Crippen molar-refractivity contribution >= 4 is 27.7 Å². The van der Waals surface area contributed by atoms with E-state index in [-0.39, 0.29) is 33.5 Å². The smallest absolute Gasteiger partial charge is 0.302 e. The van der Waals surface area contributed by atoms with Gasteiger partial charge in [0.1, 0.15) is 11.7 Å². The van der Waals surface area contributed by atoms with E-state index >= 15 is 0 Å². The van der Waals surface area contributed by atoms with E-state index in [2.05, 4.69) is 35.9 Å². The predicted octanol–water partition coefficient (Wildman–Crippen LogP) is 4.57. The molecule has 0 aromatic heterocycles. The highest BCUT2D eigenvalue weighted by Gasteiger charge is 2.68. The molecule has 3 fully saturated rings. The minimum Gasteiger partial charge on any atom is -0.462 e. The first-order chi connectivity index (χ1) is 13.0. The van der Waals surface area contributed by atoms with Gasteiger partial charge in [0.25, 0.3) is 0 Å². The number of rotatable bonds is 2. The quantitative estimate of drug-likeness (QED) is 0.378. The monoisotopic (exact) mass is 452 g/mol. The molecule has 8 atom stereocenters. The third kappa shape index (κ3) is 2.64. The van der Waals surface area contributed by atoms with Crippen molar-refractivity contribution in [2.24, 2.45) is 28.6 Å². The summed E-state index contributed by atoms with van der Waals surface area (Å²) >= 11 is 3.68. The Balaban J connectivity index is 1.64. The maximum atomic E-state index is 12.5. The summed E-state index contributed by atoms with van der Waals surface area (Å²) in [5, 5.41) is 11.4. The molecule has 3 saturated carbocycles. The first-order valence-corrected chi connectivity index (χ1v) is 11.7. The van der Waals surface area contributed by atoms with Crippen LogP contribution in [0.1, 0.15) is 72.6 Å². The third-order valence-electron chi connectivity index (χ3n) is 9.10. The lowest BCUT2D eigenvalue weighted by Gasteiger charge is -2.58. The van der Waals surface area contributed by atoms with Crippen LogP contribution in [0.4, 0.5) is 0 Å². The van der Waals surface area contributed by atoms with Crippen LogP contribution in [0.25, 0.3) is 0 Å². The van der Waals surface area contributed by atoms with Crippen molar-refractivity contribution in [3.05, 3.63) is 11.6 Å². The summed E-state index contributed by atoms with van der Waals surface area (Å²) < 4.78 is 5.52. The minimum atomic E-state index is -1.26. The molecule has 4 aliphatic carbocycles. The number of esters is 1. The number of ether oxygens (including phenoxy) is 1. The standard InChI is InChI=1S/C23H33BrO4/c1-13(25)23(27)20(24)12-19-17-6-5-15-11-16(28-14(2)26)7-9-21(15,3)18(17)8-10-22(19,23)4/h5,16-20,27H,6-12H2,1-4H3/t16-,17+,18-,19-,20+,21-,22-,23+/m0/s1. The van der Waals surface area contributed by atoms with Crippen molar-refractivity contribution in [2.75, 3.05) is 0 Å². The molecule has 0 aliphatic heterocycles. The Labute approximate surface area is 176 Å². The van der Waals surface area contributed by atoms with Gasteiger partial charge >= 0.3 is 5.97 Å². The summed E-state index contributed by atoms with van der Waals surface area (Å²) in [5.41, 5.74) is -0.00426. The Hall–Kier alpha value is -0.680. The van der Waals surface area contributed by atoms with Crippen LogP contribution in [0.3, 0.4) is 0 Å². The van der Waals surface area contributed by atoms with Gasteiger partial charge in [-0.15, -0.1) is 0 Å². The highest BCUT2D eigenvalue weighted by molar-refractivity contribution is 9.09. The van der Waals surface area contributed by atoms with Gasteiger partial charge in [0.2, 0.25) is 0 Å². The predicted molar refractivity (Wildman–Crippen MR) is 111 cm³/mol. The Kier molecular flexibility index (Phi) is 4.90. The molecule has 0 bridgehead atoms. The molecular formula is C23H33BrO4. The van der Waals surface area contributed by atoms with Crippen LogP contribution in [0.15, 0.2) is 11.6 Å². The van der Waals surface area contributed by atoms with Gasteiger partial charge in [-0.05, 0) is 68.6 Å². The number of alkyl halides is 1. The molecule has 0 saturated heterocycles. The van der Waals surface area contributed by atoms with Gasteiger partial charge in [0.15, 0.2) is 5.78 Å².